The van der Waals surface area contributed by atoms with Crippen LogP contribution in [0.25, 0.3) is 10.9 Å². The summed E-state index contributed by atoms with van der Waals surface area (Å²) in [6, 6.07) is 11.1. The van der Waals surface area contributed by atoms with E-state index in [1.165, 1.54) is 0 Å². The summed E-state index contributed by atoms with van der Waals surface area (Å²) in [4.78, 5) is 16.5. The van der Waals surface area contributed by atoms with Gasteiger partial charge in [-0.15, -0.1) is 0 Å². The summed E-state index contributed by atoms with van der Waals surface area (Å²) in [5.74, 6) is -0.120. The molecule has 100 valence electrons. The molecule has 3 aromatic rings. The normalized spacial score (nSPS) is 12.2. The molecule has 0 aliphatic carbocycles. The highest BCUT2D eigenvalue weighted by Crippen LogP contribution is 2.17. The Bertz CT molecular complexity index is 736. The average molecular weight is 266 g/mol. The summed E-state index contributed by atoms with van der Waals surface area (Å²) in [5, 5.41) is 7.93. The summed E-state index contributed by atoms with van der Waals surface area (Å²) < 4.78 is 1.61. The van der Waals surface area contributed by atoms with E-state index in [1.807, 2.05) is 30.3 Å². The number of anilines is 1. The molecule has 5 heteroatoms. The lowest BCUT2D eigenvalue weighted by Gasteiger charge is -2.12. The summed E-state index contributed by atoms with van der Waals surface area (Å²) in [6.45, 7) is 1.80. The lowest BCUT2D eigenvalue weighted by atomic mass is 10.2. The number of pyridine rings is 1. The van der Waals surface area contributed by atoms with Crippen molar-refractivity contribution in [3.8, 4) is 0 Å². The molecule has 1 amide bonds. The summed E-state index contributed by atoms with van der Waals surface area (Å²) >= 11 is 0. The van der Waals surface area contributed by atoms with E-state index in [2.05, 4.69) is 15.4 Å². The molecule has 1 unspecified atom stereocenters. The molecule has 0 saturated carbocycles. The number of nitrogens with zero attached hydrogens (tertiary/aromatic N) is 3. The van der Waals surface area contributed by atoms with Crippen LogP contribution in [0.15, 0.2) is 55.0 Å². The van der Waals surface area contributed by atoms with Crippen molar-refractivity contribution in [2.75, 3.05) is 5.32 Å². The maximum absolute atomic E-state index is 12.1. The smallest absolute Gasteiger partial charge is 0.248 e. The molecule has 0 fully saturated rings. The monoisotopic (exact) mass is 266 g/mol. The minimum Gasteiger partial charge on any atom is -0.323 e. The number of para-hydroxylation sites is 1. The third-order valence-corrected chi connectivity index (χ3v) is 3.16. The molecule has 0 saturated heterocycles. The molecule has 0 radical (unpaired) electrons. The maximum Gasteiger partial charge on any atom is 0.248 e. The predicted octanol–water partition coefficient (Wildman–Crippen LogP) is 2.63. The molecule has 1 N–H and O–H groups in total. The van der Waals surface area contributed by atoms with Crippen molar-refractivity contribution in [1.82, 2.24) is 14.8 Å². The number of amides is 1. The van der Waals surface area contributed by atoms with Gasteiger partial charge in [0, 0.05) is 17.8 Å². The Balaban J connectivity index is 1.80. The number of hydrogen-bond acceptors (Lipinski definition) is 3. The van der Waals surface area contributed by atoms with Crippen LogP contribution in [0.4, 0.5) is 5.69 Å². The van der Waals surface area contributed by atoms with Gasteiger partial charge in [0.1, 0.15) is 6.04 Å². The van der Waals surface area contributed by atoms with E-state index in [4.69, 9.17) is 0 Å². The maximum atomic E-state index is 12.1. The van der Waals surface area contributed by atoms with Gasteiger partial charge in [0.25, 0.3) is 0 Å². The quantitative estimate of drug-likeness (QED) is 0.792. The molecule has 3 rings (SSSR count). The van der Waals surface area contributed by atoms with E-state index >= 15 is 0 Å². The first-order chi connectivity index (χ1) is 9.74. The first kappa shape index (κ1) is 12.3. The van der Waals surface area contributed by atoms with Crippen LogP contribution >= 0.6 is 0 Å². The molecule has 0 spiro atoms. The zero-order chi connectivity index (χ0) is 13.9. The van der Waals surface area contributed by atoms with Gasteiger partial charge in [0.05, 0.1) is 17.4 Å². The van der Waals surface area contributed by atoms with Crippen LogP contribution < -0.4 is 5.32 Å². The highest BCUT2D eigenvalue weighted by Gasteiger charge is 2.15. The van der Waals surface area contributed by atoms with Gasteiger partial charge in [-0.05, 0) is 25.1 Å². The van der Waals surface area contributed by atoms with Crippen molar-refractivity contribution in [1.29, 1.82) is 0 Å². The third kappa shape index (κ3) is 2.38. The minimum atomic E-state index is -0.364. The lowest BCUT2D eigenvalue weighted by Crippen LogP contribution is -2.24. The molecular weight excluding hydrogens is 252 g/mol. The fraction of sp³-hybridized carbons (Fsp3) is 0.133. The van der Waals surface area contributed by atoms with Crippen molar-refractivity contribution >= 4 is 22.5 Å². The molecule has 5 nitrogen and oxygen atoms in total. The Kier molecular flexibility index (Phi) is 3.16. The molecule has 0 aliphatic rings. The molecule has 2 heterocycles. The Labute approximate surface area is 116 Å². The molecule has 2 aromatic heterocycles. The third-order valence-electron chi connectivity index (χ3n) is 3.16. The zero-order valence-corrected chi connectivity index (χ0v) is 11.0. The fourth-order valence-electron chi connectivity index (χ4n) is 2.02. The number of hydrogen-bond donors (Lipinski definition) is 1. The van der Waals surface area contributed by atoms with Crippen LogP contribution in [-0.2, 0) is 4.79 Å². The van der Waals surface area contributed by atoms with Crippen LogP contribution in [0, 0.1) is 0 Å². The highest BCUT2D eigenvalue weighted by molar-refractivity contribution is 5.95. The average Bonchev–Trinajstić information content (AvgIpc) is 3.00. The van der Waals surface area contributed by atoms with Crippen molar-refractivity contribution in [2.24, 2.45) is 0 Å². The number of rotatable bonds is 3. The van der Waals surface area contributed by atoms with E-state index in [9.17, 15) is 4.79 Å². The minimum absolute atomic E-state index is 0.120. The van der Waals surface area contributed by atoms with Gasteiger partial charge < -0.3 is 5.32 Å². The predicted molar refractivity (Wildman–Crippen MR) is 77.3 cm³/mol. The SMILES string of the molecule is CC(C(=O)Nc1cnc2ccccc2c1)n1cccn1. The first-order valence-corrected chi connectivity index (χ1v) is 6.39. The fourth-order valence-corrected chi connectivity index (χ4v) is 2.02. The molecule has 1 atom stereocenters. The molecule has 20 heavy (non-hydrogen) atoms. The van der Waals surface area contributed by atoms with Crippen LogP contribution in [-0.4, -0.2) is 20.7 Å². The summed E-state index contributed by atoms with van der Waals surface area (Å²) in [7, 11) is 0. The van der Waals surface area contributed by atoms with Crippen LogP contribution in [0.3, 0.4) is 0 Å². The largest absolute Gasteiger partial charge is 0.323 e. The number of aromatic nitrogens is 3. The summed E-state index contributed by atoms with van der Waals surface area (Å²) in [6.07, 6.45) is 5.08. The second-order valence-corrected chi connectivity index (χ2v) is 4.57. The van der Waals surface area contributed by atoms with Gasteiger partial charge in [0.15, 0.2) is 0 Å². The van der Waals surface area contributed by atoms with Gasteiger partial charge in [0.2, 0.25) is 5.91 Å². The lowest BCUT2D eigenvalue weighted by molar-refractivity contribution is -0.119. The molecule has 0 bridgehead atoms. The molecule has 1 aromatic carbocycles. The second kappa shape index (κ2) is 5.13. The van der Waals surface area contributed by atoms with Gasteiger partial charge >= 0.3 is 0 Å². The first-order valence-electron chi connectivity index (χ1n) is 6.39. The highest BCUT2D eigenvalue weighted by atomic mass is 16.2. The zero-order valence-electron chi connectivity index (χ0n) is 11.0. The Morgan fingerprint density at radius 2 is 2.15 bits per heavy atom. The number of benzene rings is 1. The van der Waals surface area contributed by atoms with Gasteiger partial charge in [-0.3, -0.25) is 14.5 Å². The summed E-state index contributed by atoms with van der Waals surface area (Å²) in [5.41, 5.74) is 1.60. The van der Waals surface area contributed by atoms with Gasteiger partial charge in [-0.1, -0.05) is 18.2 Å². The standard InChI is InChI=1S/C15H14N4O/c1-11(19-8-4-7-17-19)15(20)18-13-9-12-5-2-3-6-14(12)16-10-13/h2-11H,1H3,(H,18,20). The number of carbonyl (C=O) groups excluding carboxylic acids is 1. The van der Waals surface area contributed by atoms with E-state index in [0.717, 1.165) is 10.9 Å². The second-order valence-electron chi connectivity index (χ2n) is 4.57. The van der Waals surface area contributed by atoms with E-state index in [1.54, 1.807) is 36.3 Å². The van der Waals surface area contributed by atoms with E-state index in [0.29, 0.717) is 5.69 Å². The van der Waals surface area contributed by atoms with Crippen molar-refractivity contribution in [3.05, 3.63) is 55.0 Å². The van der Waals surface area contributed by atoms with Crippen LogP contribution in [0.5, 0.6) is 0 Å². The van der Waals surface area contributed by atoms with Crippen LogP contribution in [0.1, 0.15) is 13.0 Å². The van der Waals surface area contributed by atoms with E-state index < -0.39 is 0 Å². The number of fused-ring (bicyclic) bond motifs is 1. The Hall–Kier alpha value is -2.69. The van der Waals surface area contributed by atoms with Gasteiger partial charge in [-0.25, -0.2) is 0 Å². The Morgan fingerprint density at radius 3 is 2.95 bits per heavy atom. The number of carbonyl (C=O) groups is 1. The molecular formula is C15H14N4O. The number of nitrogens with one attached hydrogen (secondary N) is 1. The Morgan fingerprint density at radius 1 is 1.30 bits per heavy atom. The van der Waals surface area contributed by atoms with Crippen molar-refractivity contribution < 1.29 is 4.79 Å². The van der Waals surface area contributed by atoms with E-state index in [-0.39, 0.29) is 11.9 Å². The topological polar surface area (TPSA) is 59.8 Å². The van der Waals surface area contributed by atoms with Crippen LogP contribution in [0.2, 0.25) is 0 Å². The molecule has 0 aliphatic heterocycles. The van der Waals surface area contributed by atoms with Gasteiger partial charge in [-0.2, -0.15) is 5.10 Å². The van der Waals surface area contributed by atoms with Crippen molar-refractivity contribution in [2.45, 2.75) is 13.0 Å². The van der Waals surface area contributed by atoms with Crippen molar-refractivity contribution in [3.63, 3.8) is 0 Å².